The number of para-hydroxylation sites is 2. The van der Waals surface area contributed by atoms with E-state index >= 15 is 0 Å². The molecule has 4 N–H and O–H groups in total. The Morgan fingerprint density at radius 3 is 2.03 bits per heavy atom. The molecule has 0 bridgehead atoms. The van der Waals surface area contributed by atoms with E-state index in [4.69, 9.17) is 17.5 Å². The first-order chi connectivity index (χ1) is 15.8. The van der Waals surface area contributed by atoms with Crippen LogP contribution >= 0.6 is 0 Å². The highest BCUT2D eigenvalue weighted by atomic mass is 32.3. The van der Waals surface area contributed by atoms with Crippen molar-refractivity contribution in [2.24, 2.45) is 0 Å². The molecule has 8 heteroatoms. The Kier molecular flexibility index (Phi) is 6.32. The number of hydrogen-bond donors (Lipinski definition) is 4. The van der Waals surface area contributed by atoms with Crippen molar-refractivity contribution < 1.29 is 17.5 Å². The van der Waals surface area contributed by atoms with Crippen molar-refractivity contribution in [2.75, 3.05) is 15.5 Å². The van der Waals surface area contributed by atoms with Crippen molar-refractivity contribution in [3.05, 3.63) is 103 Å². The summed E-state index contributed by atoms with van der Waals surface area (Å²) in [5.74, 6) is 0. The number of nitrogens with zero attached hydrogens (tertiary/aromatic N) is 1. The molecule has 1 aliphatic heterocycles. The summed E-state index contributed by atoms with van der Waals surface area (Å²) in [4.78, 5) is 2.32. The molecule has 0 amide bonds. The SMILES string of the molecule is Cc1ccc2c(c1)Nc1ccc(Nc3ccccc3)cc1N2c1ccccc1.O=S(=O)(O)O. The lowest BCUT2D eigenvalue weighted by atomic mass is 10.1. The second kappa shape index (κ2) is 9.33. The monoisotopic (exact) mass is 461 g/mol. The predicted molar refractivity (Wildman–Crippen MR) is 133 cm³/mol. The van der Waals surface area contributed by atoms with Gasteiger partial charge in [0, 0.05) is 17.1 Å². The third kappa shape index (κ3) is 5.69. The minimum Gasteiger partial charge on any atom is -0.355 e. The maximum absolute atomic E-state index is 8.74. The van der Waals surface area contributed by atoms with Crippen molar-refractivity contribution in [3.63, 3.8) is 0 Å². The van der Waals surface area contributed by atoms with E-state index in [-0.39, 0.29) is 0 Å². The molecule has 7 nitrogen and oxygen atoms in total. The minimum absolute atomic E-state index is 1.06. The normalized spacial score (nSPS) is 11.9. The summed E-state index contributed by atoms with van der Waals surface area (Å²) in [6, 6.07) is 33.8. The first-order valence-corrected chi connectivity index (χ1v) is 11.6. The Balaban J connectivity index is 0.000000471. The summed E-state index contributed by atoms with van der Waals surface area (Å²) in [6.07, 6.45) is 0. The van der Waals surface area contributed by atoms with E-state index in [1.165, 1.54) is 5.56 Å². The standard InChI is InChI=1S/C25H21N3.H2O4S/c1-18-12-15-24-23(16-18)27-22-14-13-20(26-19-8-4-2-5-9-19)17-25(22)28(24)21-10-6-3-7-11-21;1-5(2,3)4/h2-17,26-27H,1H3;(H2,1,2,3,4). The van der Waals surface area contributed by atoms with Gasteiger partial charge in [0.15, 0.2) is 0 Å². The molecule has 0 aliphatic carbocycles. The van der Waals surface area contributed by atoms with E-state index in [1.807, 2.05) is 18.2 Å². The lowest BCUT2D eigenvalue weighted by molar-refractivity contribution is 0.381. The van der Waals surface area contributed by atoms with Gasteiger partial charge in [0.25, 0.3) is 0 Å². The highest BCUT2D eigenvalue weighted by molar-refractivity contribution is 7.79. The number of nitrogens with one attached hydrogen (secondary N) is 2. The molecule has 5 rings (SSSR count). The van der Waals surface area contributed by atoms with Gasteiger partial charge in [-0.1, -0.05) is 42.5 Å². The van der Waals surface area contributed by atoms with E-state index < -0.39 is 10.4 Å². The summed E-state index contributed by atoms with van der Waals surface area (Å²) in [6.45, 7) is 2.12. The molecule has 0 atom stereocenters. The lowest BCUT2D eigenvalue weighted by Gasteiger charge is -2.34. The smallest absolute Gasteiger partial charge is 0.355 e. The van der Waals surface area contributed by atoms with Crippen molar-refractivity contribution >= 4 is 50.2 Å². The molecule has 0 fully saturated rings. The summed E-state index contributed by atoms with van der Waals surface area (Å²) < 4.78 is 31.6. The number of aryl methyl sites for hydroxylation is 1. The molecule has 0 radical (unpaired) electrons. The van der Waals surface area contributed by atoms with Crippen molar-refractivity contribution in [1.82, 2.24) is 0 Å². The Hall–Kier alpha value is -3.85. The Bertz CT molecular complexity index is 1350. The fourth-order valence-electron chi connectivity index (χ4n) is 3.66. The Morgan fingerprint density at radius 2 is 1.36 bits per heavy atom. The molecule has 4 aromatic carbocycles. The minimum atomic E-state index is -4.67. The number of hydrogen-bond acceptors (Lipinski definition) is 5. The van der Waals surface area contributed by atoms with Crippen LogP contribution < -0.4 is 15.5 Å². The zero-order valence-corrected chi connectivity index (χ0v) is 18.6. The molecule has 0 aromatic heterocycles. The Morgan fingerprint density at radius 1 is 0.727 bits per heavy atom. The van der Waals surface area contributed by atoms with Crippen LogP contribution in [0, 0.1) is 6.92 Å². The molecule has 1 aliphatic rings. The van der Waals surface area contributed by atoms with Gasteiger partial charge in [-0.15, -0.1) is 0 Å². The molecule has 33 heavy (non-hydrogen) atoms. The lowest BCUT2D eigenvalue weighted by Crippen LogP contribution is -2.18. The third-order valence-corrected chi connectivity index (χ3v) is 4.98. The zero-order chi connectivity index (χ0) is 23.4. The van der Waals surface area contributed by atoms with Crippen molar-refractivity contribution in [2.45, 2.75) is 6.92 Å². The molecule has 0 saturated heterocycles. The van der Waals surface area contributed by atoms with Gasteiger partial charge in [0.1, 0.15) is 0 Å². The molecule has 0 saturated carbocycles. The number of anilines is 7. The third-order valence-electron chi connectivity index (χ3n) is 4.98. The maximum atomic E-state index is 8.74. The fourth-order valence-corrected chi connectivity index (χ4v) is 3.66. The van der Waals surface area contributed by atoms with Gasteiger partial charge in [-0.05, 0) is 67.1 Å². The second-order valence-corrected chi connectivity index (χ2v) is 8.38. The average Bonchev–Trinajstić information content (AvgIpc) is 2.78. The van der Waals surface area contributed by atoms with Crippen LogP contribution in [0.5, 0.6) is 0 Å². The van der Waals surface area contributed by atoms with E-state index in [9.17, 15) is 0 Å². The first kappa shape index (κ1) is 22.3. The highest BCUT2D eigenvalue weighted by Gasteiger charge is 2.24. The Labute approximate surface area is 192 Å². The molecular formula is C25H23N3O4S. The summed E-state index contributed by atoms with van der Waals surface area (Å²) in [5, 5.41) is 7.11. The van der Waals surface area contributed by atoms with Gasteiger partial charge in [-0.25, -0.2) is 0 Å². The van der Waals surface area contributed by atoms with Gasteiger partial charge >= 0.3 is 10.4 Å². The van der Waals surface area contributed by atoms with Gasteiger partial charge < -0.3 is 15.5 Å². The van der Waals surface area contributed by atoms with Gasteiger partial charge in [-0.3, -0.25) is 9.11 Å². The largest absolute Gasteiger partial charge is 0.394 e. The van der Waals surface area contributed by atoms with E-state index in [1.54, 1.807) is 0 Å². The van der Waals surface area contributed by atoms with E-state index in [0.29, 0.717) is 0 Å². The van der Waals surface area contributed by atoms with E-state index in [2.05, 4.69) is 101 Å². The molecule has 0 unspecified atom stereocenters. The van der Waals surface area contributed by atoms with Crippen LogP contribution in [0.15, 0.2) is 97.1 Å². The quantitative estimate of drug-likeness (QED) is 0.224. The number of rotatable bonds is 3. The fraction of sp³-hybridized carbons (Fsp3) is 0.0400. The van der Waals surface area contributed by atoms with Crippen LogP contribution in [0.2, 0.25) is 0 Å². The maximum Gasteiger partial charge on any atom is 0.394 e. The number of fused-ring (bicyclic) bond motifs is 2. The summed E-state index contributed by atoms with van der Waals surface area (Å²) in [5.41, 5.74) is 9.03. The number of benzene rings is 4. The van der Waals surface area contributed by atoms with Gasteiger partial charge in [-0.2, -0.15) is 8.42 Å². The second-order valence-electron chi connectivity index (χ2n) is 7.49. The van der Waals surface area contributed by atoms with Gasteiger partial charge in [0.2, 0.25) is 0 Å². The zero-order valence-electron chi connectivity index (χ0n) is 17.8. The predicted octanol–water partition coefficient (Wildman–Crippen LogP) is 6.61. The summed E-state index contributed by atoms with van der Waals surface area (Å²) in [7, 11) is -4.67. The van der Waals surface area contributed by atoms with Crippen LogP contribution in [0.1, 0.15) is 5.56 Å². The van der Waals surface area contributed by atoms with E-state index in [0.717, 1.165) is 39.8 Å². The molecular weight excluding hydrogens is 438 g/mol. The molecule has 4 aromatic rings. The molecule has 168 valence electrons. The van der Waals surface area contributed by atoms with Crippen LogP contribution in [-0.2, 0) is 10.4 Å². The highest BCUT2D eigenvalue weighted by Crippen LogP contribution is 2.48. The van der Waals surface area contributed by atoms with Crippen molar-refractivity contribution in [3.8, 4) is 0 Å². The topological polar surface area (TPSA) is 102 Å². The van der Waals surface area contributed by atoms with Crippen LogP contribution in [0.4, 0.5) is 39.8 Å². The molecule has 1 heterocycles. The van der Waals surface area contributed by atoms with Crippen molar-refractivity contribution in [1.29, 1.82) is 0 Å². The van der Waals surface area contributed by atoms with Crippen LogP contribution in [0.25, 0.3) is 0 Å². The average molecular weight is 462 g/mol. The summed E-state index contributed by atoms with van der Waals surface area (Å²) >= 11 is 0. The van der Waals surface area contributed by atoms with Crippen LogP contribution in [-0.4, -0.2) is 17.5 Å². The first-order valence-electron chi connectivity index (χ1n) is 10.2. The molecule has 0 spiro atoms. The van der Waals surface area contributed by atoms with Gasteiger partial charge in [0.05, 0.1) is 22.7 Å². The van der Waals surface area contributed by atoms with Crippen LogP contribution in [0.3, 0.4) is 0 Å².